The Morgan fingerprint density at radius 2 is 2.05 bits per heavy atom. The Hall–Kier alpha value is -1.07. The third-order valence-electron chi connectivity index (χ3n) is 3.00. The average molecular weight is 330 g/mol. The van der Waals surface area contributed by atoms with E-state index in [1.165, 1.54) is 0 Å². The lowest BCUT2D eigenvalue weighted by atomic mass is 9.83. The quantitative estimate of drug-likeness (QED) is 0.890. The van der Waals surface area contributed by atoms with Crippen molar-refractivity contribution in [3.05, 3.63) is 27.7 Å². The second-order valence-corrected chi connectivity index (χ2v) is 6.37. The van der Waals surface area contributed by atoms with Crippen molar-refractivity contribution >= 4 is 21.9 Å². The lowest BCUT2D eigenvalue weighted by molar-refractivity contribution is -0.138. The number of carboxylic acid groups (broad SMARTS) is 1. The van der Waals surface area contributed by atoms with Crippen molar-refractivity contribution < 1.29 is 14.6 Å². The number of benzene rings is 1. The van der Waals surface area contributed by atoms with E-state index >= 15 is 0 Å². The lowest BCUT2D eigenvalue weighted by Gasteiger charge is -2.26. The van der Waals surface area contributed by atoms with Gasteiger partial charge in [-0.25, -0.2) is 0 Å². The van der Waals surface area contributed by atoms with Gasteiger partial charge in [0.25, 0.3) is 0 Å². The zero-order valence-electron chi connectivity index (χ0n) is 11.7. The van der Waals surface area contributed by atoms with Crippen LogP contribution < -0.4 is 10.5 Å². The van der Waals surface area contributed by atoms with Crippen LogP contribution in [0.4, 0.5) is 0 Å². The number of carbonyl (C=O) groups is 1. The molecule has 0 aliphatic rings. The molecule has 106 valence electrons. The maximum Gasteiger partial charge on any atom is 0.312 e. The standard InChI is InChI=1S/C14H20BrNO3/c1-14(2,3)11-6-8(15)5-9(12(11)19-4)10(7-16)13(17)18/h5-6,10H,7,16H2,1-4H3,(H,17,18). The molecule has 0 amide bonds. The number of ether oxygens (including phenoxy) is 1. The van der Waals surface area contributed by atoms with E-state index < -0.39 is 11.9 Å². The predicted octanol–water partition coefficient (Wildman–Crippen LogP) is 2.88. The Morgan fingerprint density at radius 1 is 1.47 bits per heavy atom. The second-order valence-electron chi connectivity index (χ2n) is 5.45. The normalized spacial score (nSPS) is 13.2. The van der Waals surface area contributed by atoms with Crippen LogP contribution in [0.15, 0.2) is 16.6 Å². The van der Waals surface area contributed by atoms with Gasteiger partial charge in [-0.1, -0.05) is 36.7 Å². The van der Waals surface area contributed by atoms with Crippen LogP contribution in [-0.4, -0.2) is 24.7 Å². The van der Waals surface area contributed by atoms with E-state index in [1.807, 2.05) is 6.07 Å². The predicted molar refractivity (Wildman–Crippen MR) is 78.8 cm³/mol. The molecule has 0 aliphatic carbocycles. The van der Waals surface area contributed by atoms with Gasteiger partial charge in [-0.15, -0.1) is 0 Å². The van der Waals surface area contributed by atoms with E-state index in [1.54, 1.807) is 13.2 Å². The molecule has 0 radical (unpaired) electrons. The van der Waals surface area contributed by atoms with Gasteiger partial charge in [0.05, 0.1) is 13.0 Å². The summed E-state index contributed by atoms with van der Waals surface area (Å²) >= 11 is 3.43. The Kier molecular flexibility index (Phi) is 4.98. The topological polar surface area (TPSA) is 72.5 Å². The van der Waals surface area contributed by atoms with E-state index in [0.29, 0.717) is 11.3 Å². The number of hydrogen-bond donors (Lipinski definition) is 2. The van der Waals surface area contributed by atoms with Gasteiger partial charge >= 0.3 is 5.97 Å². The first-order valence-electron chi connectivity index (χ1n) is 6.03. The number of carboxylic acids is 1. The number of nitrogens with two attached hydrogens (primary N) is 1. The van der Waals surface area contributed by atoms with Crippen molar-refractivity contribution in [1.82, 2.24) is 0 Å². The van der Waals surface area contributed by atoms with E-state index in [0.717, 1.165) is 10.0 Å². The molecule has 5 heteroatoms. The van der Waals surface area contributed by atoms with Crippen LogP contribution >= 0.6 is 15.9 Å². The average Bonchev–Trinajstić information content (AvgIpc) is 2.27. The van der Waals surface area contributed by atoms with Gasteiger partial charge < -0.3 is 15.6 Å². The van der Waals surface area contributed by atoms with Gasteiger partial charge in [-0.05, 0) is 17.5 Å². The van der Waals surface area contributed by atoms with Crippen LogP contribution in [0.2, 0.25) is 0 Å². The van der Waals surface area contributed by atoms with E-state index in [4.69, 9.17) is 10.5 Å². The Labute approximate surface area is 122 Å². The van der Waals surface area contributed by atoms with Gasteiger partial charge in [-0.3, -0.25) is 4.79 Å². The zero-order valence-corrected chi connectivity index (χ0v) is 13.2. The molecule has 3 N–H and O–H groups in total. The van der Waals surface area contributed by atoms with Crippen LogP contribution in [0.3, 0.4) is 0 Å². The molecule has 0 saturated carbocycles. The summed E-state index contributed by atoms with van der Waals surface area (Å²) in [6.07, 6.45) is 0. The summed E-state index contributed by atoms with van der Waals surface area (Å²) in [5, 5.41) is 9.28. The van der Waals surface area contributed by atoms with E-state index in [2.05, 4.69) is 36.7 Å². The first kappa shape index (κ1) is 16.0. The second kappa shape index (κ2) is 5.92. The molecule has 1 unspecified atom stereocenters. The summed E-state index contributed by atoms with van der Waals surface area (Å²) in [4.78, 5) is 11.3. The summed E-state index contributed by atoms with van der Waals surface area (Å²) in [6, 6.07) is 3.72. The fourth-order valence-electron chi connectivity index (χ4n) is 2.02. The number of rotatable bonds is 4. The lowest BCUT2D eigenvalue weighted by Crippen LogP contribution is -2.23. The molecule has 1 atom stereocenters. The highest BCUT2D eigenvalue weighted by Crippen LogP contribution is 2.39. The van der Waals surface area contributed by atoms with Crippen molar-refractivity contribution in [2.24, 2.45) is 5.73 Å². The molecule has 19 heavy (non-hydrogen) atoms. The van der Waals surface area contributed by atoms with Gasteiger partial charge in [0, 0.05) is 22.1 Å². The van der Waals surface area contributed by atoms with Crippen LogP contribution in [0.1, 0.15) is 37.8 Å². The fraction of sp³-hybridized carbons (Fsp3) is 0.500. The molecule has 1 aromatic rings. The van der Waals surface area contributed by atoms with Gasteiger partial charge in [0.1, 0.15) is 5.75 Å². The molecule has 0 aliphatic heterocycles. The highest BCUT2D eigenvalue weighted by atomic mass is 79.9. The molecule has 0 fully saturated rings. The van der Waals surface area contributed by atoms with Crippen molar-refractivity contribution in [2.75, 3.05) is 13.7 Å². The Balaban J connectivity index is 3.56. The minimum Gasteiger partial charge on any atom is -0.496 e. The zero-order chi connectivity index (χ0) is 14.8. The number of halogens is 1. The van der Waals surface area contributed by atoms with E-state index in [9.17, 15) is 9.90 Å². The maximum absolute atomic E-state index is 11.3. The van der Waals surface area contributed by atoms with Crippen molar-refractivity contribution in [1.29, 1.82) is 0 Å². The third-order valence-corrected chi connectivity index (χ3v) is 3.46. The number of aliphatic carboxylic acids is 1. The van der Waals surface area contributed by atoms with Gasteiger partial charge in [0.2, 0.25) is 0 Å². The van der Waals surface area contributed by atoms with Crippen molar-refractivity contribution in [3.8, 4) is 5.75 Å². The minimum atomic E-state index is -0.946. The van der Waals surface area contributed by atoms with Crippen LogP contribution in [0, 0.1) is 0 Å². The summed E-state index contributed by atoms with van der Waals surface area (Å²) in [7, 11) is 1.55. The third kappa shape index (κ3) is 3.48. The number of methoxy groups -OCH3 is 1. The molecule has 0 bridgehead atoms. The minimum absolute atomic E-state index is 0.0335. The Morgan fingerprint density at radius 3 is 2.42 bits per heavy atom. The molecule has 0 saturated heterocycles. The molecule has 0 heterocycles. The van der Waals surface area contributed by atoms with Gasteiger partial charge in [0.15, 0.2) is 0 Å². The fourth-order valence-corrected chi connectivity index (χ4v) is 2.49. The van der Waals surface area contributed by atoms with Gasteiger partial charge in [-0.2, -0.15) is 0 Å². The molecule has 1 rings (SSSR count). The first-order valence-corrected chi connectivity index (χ1v) is 6.82. The van der Waals surface area contributed by atoms with Crippen LogP contribution in [0.5, 0.6) is 5.75 Å². The molecular weight excluding hydrogens is 310 g/mol. The highest BCUT2D eigenvalue weighted by Gasteiger charge is 2.28. The smallest absolute Gasteiger partial charge is 0.312 e. The summed E-state index contributed by atoms with van der Waals surface area (Å²) in [5.74, 6) is -1.11. The highest BCUT2D eigenvalue weighted by molar-refractivity contribution is 9.10. The van der Waals surface area contributed by atoms with E-state index in [-0.39, 0.29) is 12.0 Å². The van der Waals surface area contributed by atoms with Crippen molar-refractivity contribution in [3.63, 3.8) is 0 Å². The SMILES string of the molecule is COc1c(C(CN)C(=O)O)cc(Br)cc1C(C)(C)C. The summed E-state index contributed by atoms with van der Waals surface area (Å²) in [6.45, 7) is 6.20. The molecule has 4 nitrogen and oxygen atoms in total. The number of hydrogen-bond acceptors (Lipinski definition) is 3. The van der Waals surface area contributed by atoms with Crippen LogP contribution in [-0.2, 0) is 10.2 Å². The summed E-state index contributed by atoms with van der Waals surface area (Å²) in [5.41, 5.74) is 7.00. The van der Waals surface area contributed by atoms with Crippen molar-refractivity contribution in [2.45, 2.75) is 32.1 Å². The summed E-state index contributed by atoms with van der Waals surface area (Å²) < 4.78 is 6.28. The molecule has 0 aromatic heterocycles. The molecule has 0 spiro atoms. The largest absolute Gasteiger partial charge is 0.496 e. The monoisotopic (exact) mass is 329 g/mol. The first-order chi connectivity index (χ1) is 8.72. The van der Waals surface area contributed by atoms with Crippen LogP contribution in [0.25, 0.3) is 0 Å². The molecule has 1 aromatic carbocycles. The maximum atomic E-state index is 11.3. The Bertz CT molecular complexity index is 480. The molecular formula is C14H20BrNO3.